The number of nitrogens with one attached hydrogen (secondary N) is 1. The molecule has 0 unspecified atom stereocenters. The Morgan fingerprint density at radius 3 is 2.10 bits per heavy atom. The Bertz CT molecular complexity index is 516. The Hall–Kier alpha value is -1.63. The SMILES string of the molecule is O=C(NC1CCC(CO)CC1)c1c(F)c(F)cc(F)c1F. The van der Waals surface area contributed by atoms with E-state index in [1.807, 2.05) is 0 Å². The van der Waals surface area contributed by atoms with Crippen molar-refractivity contribution in [1.82, 2.24) is 5.32 Å². The third-order valence-corrected chi connectivity index (χ3v) is 3.78. The maximum atomic E-state index is 13.5. The molecule has 0 bridgehead atoms. The molecule has 21 heavy (non-hydrogen) atoms. The number of hydrogen-bond acceptors (Lipinski definition) is 2. The summed E-state index contributed by atoms with van der Waals surface area (Å²) in [5.41, 5.74) is -1.24. The van der Waals surface area contributed by atoms with Gasteiger partial charge in [0, 0.05) is 18.7 Å². The molecule has 0 aliphatic heterocycles. The maximum absolute atomic E-state index is 13.5. The van der Waals surface area contributed by atoms with E-state index in [2.05, 4.69) is 5.32 Å². The molecule has 0 aromatic heterocycles. The molecule has 1 saturated carbocycles. The summed E-state index contributed by atoms with van der Waals surface area (Å²) < 4.78 is 53.1. The first kappa shape index (κ1) is 15.8. The second kappa shape index (κ2) is 6.43. The fraction of sp³-hybridized carbons (Fsp3) is 0.500. The van der Waals surface area contributed by atoms with E-state index in [4.69, 9.17) is 5.11 Å². The highest BCUT2D eigenvalue weighted by molar-refractivity contribution is 5.95. The molecule has 0 spiro atoms. The van der Waals surface area contributed by atoms with Crippen LogP contribution in [0, 0.1) is 29.2 Å². The highest BCUT2D eigenvalue weighted by Crippen LogP contribution is 2.25. The first-order chi connectivity index (χ1) is 9.93. The van der Waals surface area contributed by atoms with Crippen LogP contribution in [-0.2, 0) is 0 Å². The van der Waals surface area contributed by atoms with Gasteiger partial charge < -0.3 is 10.4 Å². The van der Waals surface area contributed by atoms with Gasteiger partial charge in [-0.05, 0) is 31.6 Å². The minimum absolute atomic E-state index is 0.0546. The largest absolute Gasteiger partial charge is 0.396 e. The minimum Gasteiger partial charge on any atom is -0.396 e. The number of hydrogen-bond donors (Lipinski definition) is 2. The molecule has 1 amide bonds. The monoisotopic (exact) mass is 305 g/mol. The average Bonchev–Trinajstić information content (AvgIpc) is 2.46. The van der Waals surface area contributed by atoms with E-state index in [0.29, 0.717) is 25.7 Å². The molecular formula is C14H15F4NO2. The number of aliphatic hydroxyl groups is 1. The Morgan fingerprint density at radius 2 is 1.62 bits per heavy atom. The lowest BCUT2D eigenvalue weighted by Gasteiger charge is -2.28. The van der Waals surface area contributed by atoms with Gasteiger partial charge in [0.25, 0.3) is 5.91 Å². The summed E-state index contributed by atoms with van der Waals surface area (Å²) in [7, 11) is 0. The summed E-state index contributed by atoms with van der Waals surface area (Å²) in [5, 5.41) is 11.4. The normalized spacial score (nSPS) is 22.1. The number of aliphatic hydroxyl groups excluding tert-OH is 1. The van der Waals surface area contributed by atoms with Gasteiger partial charge in [0.2, 0.25) is 0 Å². The Balaban J connectivity index is 2.11. The molecule has 1 aliphatic rings. The van der Waals surface area contributed by atoms with Crippen LogP contribution >= 0.6 is 0 Å². The fourth-order valence-electron chi connectivity index (χ4n) is 2.52. The molecule has 3 nitrogen and oxygen atoms in total. The molecule has 1 aromatic carbocycles. The zero-order valence-electron chi connectivity index (χ0n) is 11.1. The third kappa shape index (κ3) is 3.34. The first-order valence-electron chi connectivity index (χ1n) is 6.68. The predicted octanol–water partition coefficient (Wildman–Crippen LogP) is 2.52. The lowest BCUT2D eigenvalue weighted by Crippen LogP contribution is -2.39. The van der Waals surface area contributed by atoms with Crippen molar-refractivity contribution in [1.29, 1.82) is 0 Å². The number of halogens is 4. The van der Waals surface area contributed by atoms with E-state index in [1.54, 1.807) is 0 Å². The van der Waals surface area contributed by atoms with E-state index in [-0.39, 0.29) is 24.6 Å². The summed E-state index contributed by atoms with van der Waals surface area (Å²) in [6, 6.07) is -0.265. The van der Waals surface area contributed by atoms with E-state index in [1.165, 1.54) is 0 Å². The van der Waals surface area contributed by atoms with Crippen LogP contribution in [0.5, 0.6) is 0 Å². The summed E-state index contributed by atoms with van der Waals surface area (Å²) >= 11 is 0. The van der Waals surface area contributed by atoms with Crippen molar-refractivity contribution in [3.8, 4) is 0 Å². The van der Waals surface area contributed by atoms with Gasteiger partial charge in [0.15, 0.2) is 23.3 Å². The molecule has 2 N–H and O–H groups in total. The van der Waals surface area contributed by atoms with Gasteiger partial charge in [-0.1, -0.05) is 0 Å². The smallest absolute Gasteiger partial charge is 0.257 e. The van der Waals surface area contributed by atoms with Crippen molar-refractivity contribution in [3.05, 3.63) is 34.9 Å². The zero-order valence-corrected chi connectivity index (χ0v) is 11.1. The topological polar surface area (TPSA) is 49.3 Å². The highest BCUT2D eigenvalue weighted by Gasteiger charge is 2.28. The lowest BCUT2D eigenvalue weighted by molar-refractivity contribution is 0.0903. The van der Waals surface area contributed by atoms with Crippen LogP contribution in [-0.4, -0.2) is 23.7 Å². The third-order valence-electron chi connectivity index (χ3n) is 3.78. The molecule has 0 saturated heterocycles. The highest BCUT2D eigenvalue weighted by atomic mass is 19.2. The molecule has 0 atom stereocenters. The number of rotatable bonds is 3. The van der Waals surface area contributed by atoms with E-state index < -0.39 is 34.7 Å². The van der Waals surface area contributed by atoms with Crippen LogP contribution < -0.4 is 5.32 Å². The number of carbonyl (C=O) groups excluding carboxylic acids is 1. The fourth-order valence-corrected chi connectivity index (χ4v) is 2.52. The minimum atomic E-state index is -1.70. The van der Waals surface area contributed by atoms with Gasteiger partial charge >= 0.3 is 0 Å². The molecule has 116 valence electrons. The van der Waals surface area contributed by atoms with E-state index in [0.717, 1.165) is 0 Å². The molecular weight excluding hydrogens is 290 g/mol. The molecule has 0 radical (unpaired) electrons. The quantitative estimate of drug-likeness (QED) is 0.666. The average molecular weight is 305 g/mol. The van der Waals surface area contributed by atoms with Crippen molar-refractivity contribution >= 4 is 5.91 Å². The van der Waals surface area contributed by atoms with Gasteiger partial charge in [-0.15, -0.1) is 0 Å². The number of carbonyl (C=O) groups is 1. The first-order valence-corrected chi connectivity index (χ1v) is 6.68. The van der Waals surface area contributed by atoms with Crippen LogP contribution in [0.15, 0.2) is 6.07 Å². The Kier molecular flexibility index (Phi) is 4.82. The van der Waals surface area contributed by atoms with Gasteiger partial charge in [0.05, 0.1) is 0 Å². The van der Waals surface area contributed by atoms with Gasteiger partial charge in [0.1, 0.15) is 5.56 Å². The standard InChI is InChI=1S/C14H15F4NO2/c15-9-5-10(16)13(18)11(12(9)17)14(21)19-8-3-1-7(6-20)2-4-8/h5,7-8,20H,1-4,6H2,(H,19,21). The lowest BCUT2D eigenvalue weighted by atomic mass is 9.86. The van der Waals surface area contributed by atoms with E-state index in [9.17, 15) is 22.4 Å². The van der Waals surface area contributed by atoms with Crippen LogP contribution in [0.4, 0.5) is 17.6 Å². The van der Waals surface area contributed by atoms with Gasteiger partial charge in [-0.3, -0.25) is 4.79 Å². The number of amides is 1. The molecule has 1 aliphatic carbocycles. The Labute approximate surface area is 119 Å². The Morgan fingerprint density at radius 1 is 1.10 bits per heavy atom. The summed E-state index contributed by atoms with van der Waals surface area (Å²) in [5.74, 6) is -7.63. The molecule has 1 aromatic rings. The molecule has 7 heteroatoms. The number of benzene rings is 1. The van der Waals surface area contributed by atoms with Crippen molar-refractivity contribution in [2.45, 2.75) is 31.7 Å². The van der Waals surface area contributed by atoms with Crippen LogP contribution in [0.1, 0.15) is 36.0 Å². The van der Waals surface area contributed by atoms with E-state index >= 15 is 0 Å². The van der Waals surface area contributed by atoms with Crippen LogP contribution in [0.3, 0.4) is 0 Å². The summed E-state index contributed by atoms with van der Waals surface area (Å²) in [4.78, 5) is 11.8. The summed E-state index contributed by atoms with van der Waals surface area (Å²) in [6.45, 7) is 0.0546. The summed E-state index contributed by atoms with van der Waals surface area (Å²) in [6.07, 6.45) is 2.42. The maximum Gasteiger partial charge on any atom is 0.257 e. The molecule has 1 fully saturated rings. The van der Waals surface area contributed by atoms with Gasteiger partial charge in [-0.2, -0.15) is 0 Å². The van der Waals surface area contributed by atoms with Crippen molar-refractivity contribution in [2.75, 3.05) is 6.61 Å². The van der Waals surface area contributed by atoms with Crippen LogP contribution in [0.2, 0.25) is 0 Å². The van der Waals surface area contributed by atoms with Crippen molar-refractivity contribution in [2.24, 2.45) is 5.92 Å². The predicted molar refractivity (Wildman–Crippen MR) is 66.6 cm³/mol. The molecule has 0 heterocycles. The second-order valence-electron chi connectivity index (χ2n) is 5.22. The molecule has 2 rings (SSSR count). The van der Waals surface area contributed by atoms with Crippen molar-refractivity contribution in [3.63, 3.8) is 0 Å². The zero-order chi connectivity index (χ0) is 15.6. The van der Waals surface area contributed by atoms with Crippen molar-refractivity contribution < 1.29 is 27.5 Å². The van der Waals surface area contributed by atoms with Crippen LogP contribution in [0.25, 0.3) is 0 Å². The second-order valence-corrected chi connectivity index (χ2v) is 5.22. The van der Waals surface area contributed by atoms with Gasteiger partial charge in [-0.25, -0.2) is 17.6 Å².